The molecule has 0 spiro atoms. The molecule has 1 aromatic carbocycles. The number of aryl methyl sites for hydroxylation is 1. The minimum atomic E-state index is 0.0317. The summed E-state index contributed by atoms with van der Waals surface area (Å²) in [5, 5.41) is 4.01. The fraction of sp³-hybridized carbons (Fsp3) is 0.286. The highest BCUT2D eigenvalue weighted by Gasteiger charge is 2.24. The second-order valence-electron chi connectivity index (χ2n) is 4.99. The highest BCUT2D eigenvalue weighted by atomic mass is 32.2. The molecule has 0 fully saturated rings. The van der Waals surface area contributed by atoms with Crippen LogP contribution in [0, 0.1) is 0 Å². The number of Topliss-reactive ketones (excluding diaryl/α,β-unsaturated/α-hetero) is 1. The number of thioether (sulfide) groups is 1. The summed E-state index contributed by atoms with van der Waals surface area (Å²) in [6, 6.07) is 4.04. The summed E-state index contributed by atoms with van der Waals surface area (Å²) >= 11 is 1.56. The van der Waals surface area contributed by atoms with E-state index in [2.05, 4.69) is 16.4 Å². The van der Waals surface area contributed by atoms with Gasteiger partial charge in [0.15, 0.2) is 5.78 Å². The van der Waals surface area contributed by atoms with Gasteiger partial charge in [-0.3, -0.25) is 9.59 Å². The molecule has 4 nitrogen and oxygen atoms in total. The maximum atomic E-state index is 11.9. The number of nitrogens with one attached hydrogen (secondary N) is 2. The average Bonchev–Trinajstić information content (AvgIpc) is 2.75. The molecule has 0 atom stereocenters. The fourth-order valence-corrected chi connectivity index (χ4v) is 3.70. The Morgan fingerprint density at radius 1 is 1.16 bits per heavy atom. The number of aromatic nitrogens is 1. The smallest absolute Gasteiger partial charge is 0.234 e. The van der Waals surface area contributed by atoms with Gasteiger partial charge in [-0.05, 0) is 30.5 Å². The van der Waals surface area contributed by atoms with Crippen molar-refractivity contribution in [1.82, 2.24) is 4.98 Å². The number of anilines is 1. The molecule has 2 aliphatic rings. The van der Waals surface area contributed by atoms with E-state index >= 15 is 0 Å². The van der Waals surface area contributed by atoms with Gasteiger partial charge in [0.1, 0.15) is 0 Å². The van der Waals surface area contributed by atoms with E-state index < -0.39 is 0 Å². The minimum absolute atomic E-state index is 0.0317. The summed E-state index contributed by atoms with van der Waals surface area (Å²) < 4.78 is 0. The number of hydrogen-bond acceptors (Lipinski definition) is 3. The van der Waals surface area contributed by atoms with Gasteiger partial charge in [-0.1, -0.05) is 0 Å². The van der Waals surface area contributed by atoms with E-state index in [1.54, 1.807) is 11.8 Å². The van der Waals surface area contributed by atoms with Crippen molar-refractivity contribution in [1.29, 1.82) is 0 Å². The van der Waals surface area contributed by atoms with Crippen molar-refractivity contribution in [3.63, 3.8) is 0 Å². The number of benzene rings is 1. The van der Waals surface area contributed by atoms with E-state index in [1.165, 1.54) is 0 Å². The molecule has 19 heavy (non-hydrogen) atoms. The van der Waals surface area contributed by atoms with Crippen molar-refractivity contribution >= 4 is 40.0 Å². The molecular formula is C14H12N2O2S. The molecule has 1 aliphatic heterocycles. The molecule has 2 aromatic rings. The summed E-state index contributed by atoms with van der Waals surface area (Å²) in [6.45, 7) is 0. The quantitative estimate of drug-likeness (QED) is 0.775. The topological polar surface area (TPSA) is 62.0 Å². The molecule has 0 saturated carbocycles. The Kier molecular flexibility index (Phi) is 2.26. The van der Waals surface area contributed by atoms with E-state index in [-0.39, 0.29) is 11.7 Å². The number of hydrogen-bond donors (Lipinski definition) is 2. The molecule has 1 aliphatic carbocycles. The van der Waals surface area contributed by atoms with Gasteiger partial charge < -0.3 is 10.3 Å². The van der Waals surface area contributed by atoms with E-state index in [0.717, 1.165) is 45.6 Å². The van der Waals surface area contributed by atoms with Gasteiger partial charge in [-0.2, -0.15) is 0 Å². The number of amides is 1. The van der Waals surface area contributed by atoms with Crippen LogP contribution in [0.4, 0.5) is 5.69 Å². The largest absolute Gasteiger partial charge is 0.352 e. The van der Waals surface area contributed by atoms with E-state index in [1.807, 2.05) is 6.07 Å². The third-order valence-electron chi connectivity index (χ3n) is 3.75. The summed E-state index contributed by atoms with van der Waals surface area (Å²) in [5.41, 5.74) is 3.70. The zero-order chi connectivity index (χ0) is 13.0. The first-order chi connectivity index (χ1) is 9.22. The molecule has 2 N–H and O–H groups in total. The Hall–Kier alpha value is -1.75. The Labute approximate surface area is 113 Å². The van der Waals surface area contributed by atoms with Crippen LogP contribution in [0.5, 0.6) is 0 Å². The molecule has 0 unspecified atom stereocenters. The monoisotopic (exact) mass is 272 g/mol. The SMILES string of the molecule is O=C1CSc2cc3c4c([nH]c3cc2N1)C(=O)CCC4. The van der Waals surface area contributed by atoms with Crippen molar-refractivity contribution in [2.24, 2.45) is 0 Å². The summed E-state index contributed by atoms with van der Waals surface area (Å²) in [6.07, 6.45) is 2.52. The van der Waals surface area contributed by atoms with Gasteiger partial charge in [0.05, 0.1) is 17.1 Å². The predicted octanol–water partition coefficient (Wildman–Crippen LogP) is 2.73. The van der Waals surface area contributed by atoms with Gasteiger partial charge >= 0.3 is 0 Å². The van der Waals surface area contributed by atoms with Crippen LogP contribution >= 0.6 is 11.8 Å². The second-order valence-corrected chi connectivity index (χ2v) is 6.00. The number of carbonyl (C=O) groups is 2. The molecule has 96 valence electrons. The van der Waals surface area contributed by atoms with E-state index in [0.29, 0.717) is 12.2 Å². The number of rotatable bonds is 0. The summed E-state index contributed by atoms with van der Waals surface area (Å²) in [4.78, 5) is 27.6. The third-order valence-corrected chi connectivity index (χ3v) is 4.80. The number of fused-ring (bicyclic) bond motifs is 4. The first-order valence-electron chi connectivity index (χ1n) is 6.37. The lowest BCUT2D eigenvalue weighted by atomic mass is 9.95. The fourth-order valence-electron chi connectivity index (χ4n) is 2.87. The predicted molar refractivity (Wildman–Crippen MR) is 74.9 cm³/mol. The number of aromatic amines is 1. The van der Waals surface area contributed by atoms with Gasteiger partial charge in [-0.25, -0.2) is 0 Å². The van der Waals surface area contributed by atoms with Gasteiger partial charge in [0.2, 0.25) is 5.91 Å². The number of ketones is 1. The Morgan fingerprint density at radius 2 is 2.05 bits per heavy atom. The van der Waals surface area contributed by atoms with Gasteiger partial charge in [0, 0.05) is 22.2 Å². The van der Waals surface area contributed by atoms with Gasteiger partial charge in [0.25, 0.3) is 0 Å². The second kappa shape index (κ2) is 3.87. The van der Waals surface area contributed by atoms with Crippen LogP contribution in [0.15, 0.2) is 17.0 Å². The number of H-pyrrole nitrogens is 1. The highest BCUT2D eigenvalue weighted by molar-refractivity contribution is 8.00. The normalized spacial score (nSPS) is 18.1. The molecule has 2 heterocycles. The maximum absolute atomic E-state index is 11.9. The van der Waals surface area contributed by atoms with Crippen LogP contribution in [0.2, 0.25) is 0 Å². The molecule has 1 aromatic heterocycles. The van der Waals surface area contributed by atoms with Gasteiger partial charge in [-0.15, -0.1) is 11.8 Å². The molecule has 4 rings (SSSR count). The van der Waals surface area contributed by atoms with E-state index in [9.17, 15) is 9.59 Å². The lowest BCUT2D eigenvalue weighted by Gasteiger charge is -2.16. The summed E-state index contributed by atoms with van der Waals surface area (Å²) in [7, 11) is 0. The van der Waals surface area contributed by atoms with Crippen molar-refractivity contribution in [3.8, 4) is 0 Å². The van der Waals surface area contributed by atoms with Crippen LogP contribution in [0.3, 0.4) is 0 Å². The lowest BCUT2D eigenvalue weighted by Crippen LogP contribution is -2.18. The Morgan fingerprint density at radius 3 is 2.95 bits per heavy atom. The lowest BCUT2D eigenvalue weighted by molar-refractivity contribution is -0.113. The van der Waals surface area contributed by atoms with Crippen molar-refractivity contribution in [2.75, 3.05) is 11.1 Å². The molecule has 0 radical (unpaired) electrons. The van der Waals surface area contributed by atoms with E-state index in [4.69, 9.17) is 0 Å². The summed E-state index contributed by atoms with van der Waals surface area (Å²) in [5.74, 6) is 0.695. The minimum Gasteiger partial charge on any atom is -0.352 e. The number of carbonyl (C=O) groups excluding carboxylic acids is 2. The van der Waals surface area contributed by atoms with Crippen LogP contribution in [0.1, 0.15) is 28.9 Å². The molecule has 0 saturated heterocycles. The zero-order valence-corrected chi connectivity index (χ0v) is 11.0. The Bertz CT molecular complexity index is 733. The van der Waals surface area contributed by atoms with Crippen molar-refractivity contribution < 1.29 is 9.59 Å². The standard InChI is InChI=1S/C14H12N2O2S/c17-11-3-1-2-7-8-4-12-10(15-13(18)6-19-12)5-9(8)16-14(7)11/h4-5,16H,1-3,6H2,(H,15,18). The zero-order valence-electron chi connectivity index (χ0n) is 10.2. The van der Waals surface area contributed by atoms with Crippen molar-refractivity contribution in [2.45, 2.75) is 24.2 Å². The molecule has 5 heteroatoms. The van der Waals surface area contributed by atoms with Crippen molar-refractivity contribution in [3.05, 3.63) is 23.4 Å². The third kappa shape index (κ3) is 1.61. The average molecular weight is 272 g/mol. The molecular weight excluding hydrogens is 260 g/mol. The van der Waals surface area contributed by atoms with Crippen LogP contribution in [0.25, 0.3) is 10.9 Å². The highest BCUT2D eigenvalue weighted by Crippen LogP contribution is 2.38. The molecule has 0 bridgehead atoms. The first kappa shape index (κ1) is 11.1. The van der Waals surface area contributed by atoms with Crippen LogP contribution in [-0.4, -0.2) is 22.4 Å². The maximum Gasteiger partial charge on any atom is 0.234 e. The molecule has 1 amide bonds. The first-order valence-corrected chi connectivity index (χ1v) is 7.35. The van der Waals surface area contributed by atoms with Crippen LogP contribution in [-0.2, 0) is 11.2 Å². The van der Waals surface area contributed by atoms with Crippen LogP contribution < -0.4 is 5.32 Å². The Balaban J connectivity index is 1.97.